The maximum Gasteiger partial charge on any atom is 0.255 e. The standard InChI is InChI=1S/C26H30N2O4S/c29-23(24(30)26(32)28-15-7-12-22(28)19-10-5-2-6-11-19)25(31)27-17-21-14-13-20(33-21)16-18-8-3-1-4-9-18/h1-6,8-11,13,21-24,29-30H,7,12,14-17H2,(H,27,31)/t21?,22?,23?,24-/m1/s1. The van der Waals surface area contributed by atoms with Gasteiger partial charge in [-0.1, -0.05) is 66.7 Å². The van der Waals surface area contributed by atoms with E-state index in [1.165, 1.54) is 10.5 Å². The molecule has 2 amide bonds. The van der Waals surface area contributed by atoms with E-state index in [1.54, 1.807) is 16.7 Å². The van der Waals surface area contributed by atoms with Crippen molar-refractivity contribution in [3.8, 4) is 0 Å². The van der Waals surface area contributed by atoms with Gasteiger partial charge in [0.05, 0.1) is 6.04 Å². The summed E-state index contributed by atoms with van der Waals surface area (Å²) in [6.07, 6.45) is 1.91. The molecule has 2 aromatic rings. The molecule has 0 saturated carbocycles. The van der Waals surface area contributed by atoms with E-state index < -0.39 is 24.0 Å². The third kappa shape index (κ3) is 5.85. The number of amides is 2. The summed E-state index contributed by atoms with van der Waals surface area (Å²) in [7, 11) is 0. The number of carbonyl (C=O) groups excluding carboxylic acids is 2. The molecular weight excluding hydrogens is 436 g/mol. The molecule has 2 heterocycles. The zero-order valence-corrected chi connectivity index (χ0v) is 19.3. The SMILES string of the molecule is O=C(NCC1CC=C(Cc2ccccc2)S1)C(O)[C@@H](O)C(=O)N1CCCC1c1ccccc1. The molecule has 2 aliphatic heterocycles. The van der Waals surface area contributed by atoms with Crippen LogP contribution in [0.15, 0.2) is 71.6 Å². The Morgan fingerprint density at radius 1 is 1.03 bits per heavy atom. The lowest BCUT2D eigenvalue weighted by Gasteiger charge is -2.28. The normalized spacial score (nSPS) is 22.0. The maximum absolute atomic E-state index is 12.9. The van der Waals surface area contributed by atoms with Crippen molar-refractivity contribution in [2.24, 2.45) is 0 Å². The molecule has 1 fully saturated rings. The maximum atomic E-state index is 12.9. The van der Waals surface area contributed by atoms with Crippen molar-refractivity contribution in [2.45, 2.75) is 49.2 Å². The highest BCUT2D eigenvalue weighted by atomic mass is 32.2. The summed E-state index contributed by atoms with van der Waals surface area (Å²) in [5.41, 5.74) is 2.24. The minimum Gasteiger partial charge on any atom is -0.380 e. The predicted octanol–water partition coefficient (Wildman–Crippen LogP) is 2.82. The predicted molar refractivity (Wildman–Crippen MR) is 129 cm³/mol. The van der Waals surface area contributed by atoms with Crippen LogP contribution in [0.2, 0.25) is 0 Å². The van der Waals surface area contributed by atoms with Crippen LogP contribution in [-0.4, -0.2) is 57.5 Å². The fourth-order valence-electron chi connectivity index (χ4n) is 4.43. The second kappa shape index (κ2) is 11.0. The monoisotopic (exact) mass is 466 g/mol. The molecule has 0 radical (unpaired) electrons. The molecule has 33 heavy (non-hydrogen) atoms. The first-order chi connectivity index (χ1) is 16.0. The van der Waals surface area contributed by atoms with E-state index in [2.05, 4.69) is 23.5 Å². The number of rotatable bonds is 8. The van der Waals surface area contributed by atoms with Crippen molar-refractivity contribution in [1.29, 1.82) is 0 Å². The molecule has 0 bridgehead atoms. The van der Waals surface area contributed by atoms with Crippen molar-refractivity contribution in [2.75, 3.05) is 13.1 Å². The van der Waals surface area contributed by atoms with E-state index in [1.807, 2.05) is 48.5 Å². The van der Waals surface area contributed by atoms with Gasteiger partial charge in [-0.05, 0) is 35.3 Å². The second-order valence-corrected chi connectivity index (χ2v) is 9.97. The number of hydrogen-bond acceptors (Lipinski definition) is 5. The first-order valence-corrected chi connectivity index (χ1v) is 12.3. The van der Waals surface area contributed by atoms with Gasteiger partial charge >= 0.3 is 0 Å². The molecule has 0 aromatic heterocycles. The third-order valence-electron chi connectivity index (χ3n) is 6.19. The summed E-state index contributed by atoms with van der Waals surface area (Å²) in [4.78, 5) is 28.2. The molecule has 0 aliphatic carbocycles. The number of allylic oxidation sites excluding steroid dienone is 2. The topological polar surface area (TPSA) is 89.9 Å². The van der Waals surface area contributed by atoms with Crippen LogP contribution in [0.4, 0.5) is 0 Å². The Morgan fingerprint density at radius 3 is 2.45 bits per heavy atom. The van der Waals surface area contributed by atoms with Crippen molar-refractivity contribution in [1.82, 2.24) is 10.2 Å². The van der Waals surface area contributed by atoms with Crippen LogP contribution in [-0.2, 0) is 16.0 Å². The van der Waals surface area contributed by atoms with E-state index in [-0.39, 0.29) is 11.3 Å². The minimum absolute atomic E-state index is 0.146. The van der Waals surface area contributed by atoms with Crippen molar-refractivity contribution in [3.63, 3.8) is 0 Å². The number of aliphatic hydroxyl groups is 2. The number of nitrogens with one attached hydrogen (secondary N) is 1. The van der Waals surface area contributed by atoms with Gasteiger partial charge in [0.2, 0.25) is 0 Å². The summed E-state index contributed by atoms with van der Waals surface area (Å²) >= 11 is 1.72. The third-order valence-corrected chi connectivity index (χ3v) is 7.50. The quantitative estimate of drug-likeness (QED) is 0.557. The summed E-state index contributed by atoms with van der Waals surface area (Å²) in [5.74, 6) is -1.32. The molecule has 4 atom stereocenters. The Bertz CT molecular complexity index is 982. The van der Waals surface area contributed by atoms with E-state index in [9.17, 15) is 19.8 Å². The van der Waals surface area contributed by atoms with Gasteiger partial charge < -0.3 is 20.4 Å². The first kappa shape index (κ1) is 23.5. The number of hydrogen-bond donors (Lipinski definition) is 3. The molecule has 4 rings (SSSR count). The van der Waals surface area contributed by atoms with Crippen LogP contribution in [0.1, 0.15) is 36.4 Å². The van der Waals surface area contributed by atoms with E-state index in [0.717, 1.165) is 31.2 Å². The largest absolute Gasteiger partial charge is 0.380 e. The Kier molecular flexibility index (Phi) is 7.85. The van der Waals surface area contributed by atoms with Gasteiger partial charge in [-0.15, -0.1) is 11.8 Å². The fourth-order valence-corrected chi connectivity index (χ4v) is 5.66. The molecule has 174 valence electrons. The van der Waals surface area contributed by atoms with Gasteiger partial charge in [0.1, 0.15) is 0 Å². The molecule has 0 spiro atoms. The van der Waals surface area contributed by atoms with Gasteiger partial charge in [0.25, 0.3) is 11.8 Å². The van der Waals surface area contributed by atoms with E-state index >= 15 is 0 Å². The van der Waals surface area contributed by atoms with Crippen LogP contribution >= 0.6 is 11.8 Å². The fraction of sp³-hybridized carbons (Fsp3) is 0.385. The Balaban J connectivity index is 1.25. The van der Waals surface area contributed by atoms with E-state index in [0.29, 0.717) is 13.1 Å². The summed E-state index contributed by atoms with van der Waals surface area (Å²) in [6, 6.07) is 19.7. The number of aliphatic hydroxyl groups excluding tert-OH is 2. The summed E-state index contributed by atoms with van der Waals surface area (Å²) in [6.45, 7) is 0.866. The van der Waals surface area contributed by atoms with E-state index in [4.69, 9.17) is 0 Å². The Hall–Kier alpha value is -2.61. The lowest BCUT2D eigenvalue weighted by Crippen LogP contribution is -2.51. The second-order valence-electron chi connectivity index (χ2n) is 8.54. The molecule has 3 N–H and O–H groups in total. The molecule has 1 saturated heterocycles. The summed E-state index contributed by atoms with van der Waals surface area (Å²) in [5, 5.41) is 23.7. The molecule has 7 heteroatoms. The van der Waals surface area contributed by atoms with Crippen molar-refractivity contribution >= 4 is 23.6 Å². The van der Waals surface area contributed by atoms with Gasteiger partial charge in [0, 0.05) is 24.8 Å². The average molecular weight is 467 g/mol. The Labute approximate surface area is 198 Å². The van der Waals surface area contributed by atoms with Gasteiger partial charge in [0.15, 0.2) is 12.2 Å². The number of benzene rings is 2. The van der Waals surface area contributed by atoms with Crippen LogP contribution in [0, 0.1) is 0 Å². The van der Waals surface area contributed by atoms with Crippen LogP contribution in [0.5, 0.6) is 0 Å². The number of thioether (sulfide) groups is 1. The van der Waals surface area contributed by atoms with Gasteiger partial charge in [-0.25, -0.2) is 0 Å². The van der Waals surface area contributed by atoms with Crippen LogP contribution < -0.4 is 5.32 Å². The summed E-state index contributed by atoms with van der Waals surface area (Å²) < 4.78 is 0. The molecule has 2 aliphatic rings. The highest BCUT2D eigenvalue weighted by Crippen LogP contribution is 2.34. The molecule has 6 nitrogen and oxygen atoms in total. The first-order valence-electron chi connectivity index (χ1n) is 11.4. The molecule has 2 aromatic carbocycles. The number of carbonyl (C=O) groups is 2. The lowest BCUT2D eigenvalue weighted by molar-refractivity contribution is -0.153. The molecular formula is C26H30N2O4S. The number of likely N-dealkylation sites (tertiary alicyclic amines) is 1. The minimum atomic E-state index is -1.79. The zero-order valence-electron chi connectivity index (χ0n) is 18.5. The van der Waals surface area contributed by atoms with Gasteiger partial charge in [-0.3, -0.25) is 9.59 Å². The average Bonchev–Trinajstić information content (AvgIpc) is 3.52. The van der Waals surface area contributed by atoms with Crippen LogP contribution in [0.3, 0.4) is 0 Å². The zero-order chi connectivity index (χ0) is 23.2. The Morgan fingerprint density at radius 2 is 1.73 bits per heavy atom. The van der Waals surface area contributed by atoms with Crippen molar-refractivity contribution < 1.29 is 19.8 Å². The highest BCUT2D eigenvalue weighted by molar-refractivity contribution is 8.03. The van der Waals surface area contributed by atoms with Gasteiger partial charge in [-0.2, -0.15) is 0 Å². The molecule has 3 unspecified atom stereocenters. The highest BCUT2D eigenvalue weighted by Gasteiger charge is 2.38. The van der Waals surface area contributed by atoms with Crippen molar-refractivity contribution in [3.05, 3.63) is 82.8 Å². The van der Waals surface area contributed by atoms with Crippen LogP contribution in [0.25, 0.3) is 0 Å². The smallest absolute Gasteiger partial charge is 0.255 e. The lowest BCUT2D eigenvalue weighted by atomic mass is 10.0. The number of nitrogens with zero attached hydrogens (tertiary/aromatic N) is 1.